The Morgan fingerprint density at radius 1 is 1.08 bits per heavy atom. The van der Waals surface area contributed by atoms with E-state index in [4.69, 9.17) is 9.84 Å². The van der Waals surface area contributed by atoms with E-state index in [0.717, 1.165) is 55.6 Å². The number of halogens is 1. The molecule has 0 unspecified atom stereocenters. The van der Waals surface area contributed by atoms with Crippen molar-refractivity contribution < 1.29 is 23.8 Å². The normalized spacial score (nSPS) is 20.6. The van der Waals surface area contributed by atoms with Crippen molar-refractivity contribution >= 4 is 40.2 Å². The van der Waals surface area contributed by atoms with Gasteiger partial charge in [-0.15, -0.1) is 11.8 Å². The van der Waals surface area contributed by atoms with Crippen LogP contribution in [0.25, 0.3) is 0 Å². The van der Waals surface area contributed by atoms with Crippen molar-refractivity contribution in [1.82, 2.24) is 9.88 Å². The Balaban J connectivity index is 1.32. The molecule has 1 aromatic carbocycles. The molecular formula is C26H34FN3O4S2. The third-order valence-corrected chi connectivity index (χ3v) is 9.08. The highest BCUT2D eigenvalue weighted by molar-refractivity contribution is 8.01. The zero-order valence-corrected chi connectivity index (χ0v) is 22.0. The summed E-state index contributed by atoms with van der Waals surface area (Å²) in [5, 5.41) is 12.4. The molecule has 0 atom stereocenters. The van der Waals surface area contributed by atoms with E-state index in [1.165, 1.54) is 41.7 Å². The lowest BCUT2D eigenvalue weighted by molar-refractivity contribution is -0.136. The van der Waals surface area contributed by atoms with Crippen molar-refractivity contribution in [2.24, 2.45) is 5.92 Å². The molecule has 2 fully saturated rings. The first-order valence-corrected chi connectivity index (χ1v) is 14.6. The molecule has 196 valence electrons. The van der Waals surface area contributed by atoms with Crippen molar-refractivity contribution in [3.63, 3.8) is 0 Å². The Hall–Kier alpha value is -2.33. The Morgan fingerprint density at radius 2 is 1.78 bits per heavy atom. The highest BCUT2D eigenvalue weighted by Crippen LogP contribution is 2.34. The number of nitrogens with zero attached hydrogens (tertiary/aromatic N) is 2. The number of aromatic nitrogens is 1. The van der Waals surface area contributed by atoms with Crippen LogP contribution in [0.5, 0.6) is 5.75 Å². The maximum atomic E-state index is 13.5. The average molecular weight is 536 g/mol. The number of carbonyl (C=O) groups excluding carboxylic acids is 1. The van der Waals surface area contributed by atoms with Crippen molar-refractivity contribution in [1.29, 1.82) is 0 Å². The summed E-state index contributed by atoms with van der Waals surface area (Å²) < 4.78 is 19.9. The van der Waals surface area contributed by atoms with Crippen LogP contribution < -0.4 is 10.1 Å². The maximum Gasteiger partial charge on any atom is 0.324 e. The number of hydrogen-bond donors (Lipinski definition) is 2. The fraction of sp³-hybridized carbons (Fsp3) is 0.577. The van der Waals surface area contributed by atoms with Gasteiger partial charge < -0.3 is 14.7 Å². The third-order valence-electron chi connectivity index (χ3n) is 6.97. The van der Waals surface area contributed by atoms with E-state index >= 15 is 0 Å². The SMILES string of the molecule is O=C(O)CCSc1cnc(NC(=O)N(C2CCCCC2)C2CCC(COc3ccc(F)cc3)CC2)s1. The fourth-order valence-corrected chi connectivity index (χ4v) is 6.97. The van der Waals surface area contributed by atoms with E-state index in [1.54, 1.807) is 18.3 Å². The Kier molecular flexibility index (Phi) is 9.86. The lowest BCUT2D eigenvalue weighted by Gasteiger charge is -2.42. The summed E-state index contributed by atoms with van der Waals surface area (Å²) in [5.41, 5.74) is 0. The third kappa shape index (κ3) is 7.83. The second-order valence-electron chi connectivity index (χ2n) is 9.55. The molecule has 36 heavy (non-hydrogen) atoms. The van der Waals surface area contributed by atoms with Crippen LogP contribution in [0.3, 0.4) is 0 Å². The Labute approximate surface area is 219 Å². The molecule has 0 radical (unpaired) electrons. The number of anilines is 1. The molecule has 10 heteroatoms. The molecule has 2 aliphatic rings. The van der Waals surface area contributed by atoms with Crippen LogP contribution in [0, 0.1) is 11.7 Å². The molecule has 4 rings (SSSR count). The molecule has 1 aromatic heterocycles. The number of aliphatic carboxylic acids is 1. The van der Waals surface area contributed by atoms with Gasteiger partial charge in [0, 0.05) is 17.8 Å². The summed E-state index contributed by atoms with van der Waals surface area (Å²) >= 11 is 2.83. The number of carboxylic acids is 1. The van der Waals surface area contributed by atoms with Crippen molar-refractivity contribution in [2.45, 2.75) is 80.5 Å². The fourth-order valence-electron chi connectivity index (χ4n) is 5.10. The van der Waals surface area contributed by atoms with Gasteiger partial charge >= 0.3 is 12.0 Å². The van der Waals surface area contributed by atoms with E-state index < -0.39 is 5.97 Å². The Bertz CT molecular complexity index is 989. The summed E-state index contributed by atoms with van der Waals surface area (Å²) in [6, 6.07) is 6.50. The van der Waals surface area contributed by atoms with Crippen LogP contribution in [-0.4, -0.2) is 51.4 Å². The molecule has 2 N–H and O–H groups in total. The van der Waals surface area contributed by atoms with Crippen molar-refractivity contribution in [2.75, 3.05) is 17.7 Å². The van der Waals surface area contributed by atoms with Gasteiger partial charge in [0.2, 0.25) is 0 Å². The zero-order valence-electron chi connectivity index (χ0n) is 20.4. The van der Waals surface area contributed by atoms with E-state index in [0.29, 0.717) is 29.2 Å². The van der Waals surface area contributed by atoms with Crippen molar-refractivity contribution in [3.8, 4) is 5.75 Å². The molecule has 0 aliphatic heterocycles. The van der Waals surface area contributed by atoms with Gasteiger partial charge in [-0.05, 0) is 68.7 Å². The number of amides is 2. The molecule has 2 saturated carbocycles. The van der Waals surface area contributed by atoms with Gasteiger partial charge in [0.05, 0.1) is 23.4 Å². The highest BCUT2D eigenvalue weighted by atomic mass is 32.2. The largest absolute Gasteiger partial charge is 0.493 e. The predicted octanol–water partition coefficient (Wildman–Crippen LogP) is 6.65. The minimum atomic E-state index is -0.819. The molecule has 2 amide bonds. The van der Waals surface area contributed by atoms with Crippen LogP contribution in [0.2, 0.25) is 0 Å². The molecule has 7 nitrogen and oxygen atoms in total. The summed E-state index contributed by atoms with van der Waals surface area (Å²) in [6.45, 7) is 0.607. The van der Waals surface area contributed by atoms with E-state index in [1.807, 2.05) is 0 Å². The van der Waals surface area contributed by atoms with E-state index in [2.05, 4.69) is 15.2 Å². The van der Waals surface area contributed by atoms with E-state index in [-0.39, 0.29) is 30.4 Å². The first kappa shape index (κ1) is 26.7. The number of carboxylic acid groups (broad SMARTS) is 1. The molecule has 0 bridgehead atoms. The van der Waals surface area contributed by atoms with Crippen LogP contribution in [-0.2, 0) is 4.79 Å². The Morgan fingerprint density at radius 3 is 2.47 bits per heavy atom. The second kappa shape index (κ2) is 13.3. The standard InChI is InChI=1S/C26H34FN3O4S2/c27-19-8-12-22(13-9-19)34-17-18-6-10-21(11-7-18)30(20-4-2-1-3-5-20)26(33)29-25-28-16-24(36-25)35-15-14-23(31)32/h8-9,12-13,16,18,20-21H,1-7,10-11,14-15,17H2,(H,31,32)(H,28,29,33). The van der Waals surface area contributed by atoms with Gasteiger partial charge in [-0.25, -0.2) is 14.2 Å². The minimum Gasteiger partial charge on any atom is -0.493 e. The molecular weight excluding hydrogens is 501 g/mol. The maximum absolute atomic E-state index is 13.5. The lowest BCUT2D eigenvalue weighted by Crippen LogP contribution is -2.51. The molecule has 0 spiro atoms. The van der Waals surface area contributed by atoms with Crippen molar-refractivity contribution in [3.05, 3.63) is 36.3 Å². The molecule has 1 heterocycles. The number of ether oxygens (including phenoxy) is 1. The lowest BCUT2D eigenvalue weighted by atomic mass is 9.84. The number of urea groups is 1. The summed E-state index contributed by atoms with van der Waals surface area (Å²) in [4.78, 5) is 30.7. The quantitative estimate of drug-likeness (QED) is 0.331. The number of thioether (sulfide) groups is 1. The van der Waals surface area contributed by atoms with Gasteiger partial charge in [0.25, 0.3) is 0 Å². The molecule has 0 saturated heterocycles. The van der Waals surface area contributed by atoms with Gasteiger partial charge in [0.15, 0.2) is 5.13 Å². The number of nitrogens with one attached hydrogen (secondary N) is 1. The zero-order chi connectivity index (χ0) is 25.3. The van der Waals surface area contributed by atoms with Crippen LogP contribution >= 0.6 is 23.1 Å². The summed E-state index contributed by atoms with van der Waals surface area (Å²) in [5.74, 6) is 0.501. The summed E-state index contributed by atoms with van der Waals surface area (Å²) in [6.07, 6.45) is 11.3. The van der Waals surface area contributed by atoms with Gasteiger partial charge in [-0.3, -0.25) is 10.1 Å². The van der Waals surface area contributed by atoms with Gasteiger partial charge in [-0.1, -0.05) is 30.6 Å². The minimum absolute atomic E-state index is 0.0793. The molecule has 2 aliphatic carbocycles. The predicted molar refractivity (Wildman–Crippen MR) is 140 cm³/mol. The highest BCUT2D eigenvalue weighted by Gasteiger charge is 2.34. The average Bonchev–Trinajstić information content (AvgIpc) is 3.32. The van der Waals surface area contributed by atoms with Crippen LogP contribution in [0.4, 0.5) is 14.3 Å². The first-order chi connectivity index (χ1) is 17.5. The first-order valence-electron chi connectivity index (χ1n) is 12.8. The van der Waals surface area contributed by atoms with Crippen LogP contribution in [0.1, 0.15) is 64.2 Å². The number of thiazole rings is 1. The second-order valence-corrected chi connectivity index (χ2v) is 12.0. The topological polar surface area (TPSA) is 91.8 Å². The van der Waals surface area contributed by atoms with Gasteiger partial charge in [-0.2, -0.15) is 0 Å². The molecule has 2 aromatic rings. The number of rotatable bonds is 10. The monoisotopic (exact) mass is 535 g/mol. The number of carbonyl (C=O) groups is 2. The smallest absolute Gasteiger partial charge is 0.324 e. The van der Waals surface area contributed by atoms with E-state index in [9.17, 15) is 14.0 Å². The summed E-state index contributed by atoms with van der Waals surface area (Å²) in [7, 11) is 0. The number of hydrogen-bond acceptors (Lipinski definition) is 6. The van der Waals surface area contributed by atoms with Crippen LogP contribution in [0.15, 0.2) is 34.7 Å². The number of benzene rings is 1. The van der Waals surface area contributed by atoms with Gasteiger partial charge in [0.1, 0.15) is 11.6 Å².